The van der Waals surface area contributed by atoms with Crippen molar-refractivity contribution in [3.63, 3.8) is 0 Å². The van der Waals surface area contributed by atoms with Gasteiger partial charge in [-0.2, -0.15) is 5.10 Å². The van der Waals surface area contributed by atoms with Crippen molar-refractivity contribution in [2.75, 3.05) is 11.4 Å². The van der Waals surface area contributed by atoms with Crippen LogP contribution >= 0.6 is 0 Å². The highest BCUT2D eigenvalue weighted by Crippen LogP contribution is 2.20. The molecule has 1 saturated heterocycles. The standard InChI is InChI=1S/C19H21N5O3/c1-3-17(25)20-9-13-4-6-14(7-5-13)19(27)22-15-8-18(26)24(11-15)16-10-21-23(2)12-16/h3-7,10,12,15H,1,8-9,11H2,2H3,(H,20,25)(H,22,27). The van der Waals surface area contributed by atoms with E-state index >= 15 is 0 Å². The Morgan fingerprint density at radius 1 is 1.33 bits per heavy atom. The zero-order valence-corrected chi connectivity index (χ0v) is 15.0. The Labute approximate surface area is 156 Å². The van der Waals surface area contributed by atoms with Crippen molar-refractivity contribution in [1.29, 1.82) is 0 Å². The summed E-state index contributed by atoms with van der Waals surface area (Å²) in [4.78, 5) is 37.5. The number of anilines is 1. The number of carbonyl (C=O) groups excluding carboxylic acids is 3. The molecule has 8 heteroatoms. The maximum Gasteiger partial charge on any atom is 0.251 e. The van der Waals surface area contributed by atoms with Gasteiger partial charge in [0.05, 0.1) is 17.9 Å². The van der Waals surface area contributed by atoms with E-state index in [1.807, 2.05) is 0 Å². The number of aromatic nitrogens is 2. The maximum absolute atomic E-state index is 12.4. The smallest absolute Gasteiger partial charge is 0.251 e. The van der Waals surface area contributed by atoms with Gasteiger partial charge in [-0.05, 0) is 23.8 Å². The van der Waals surface area contributed by atoms with E-state index in [0.717, 1.165) is 11.3 Å². The number of amides is 3. The molecule has 0 radical (unpaired) electrons. The fraction of sp³-hybridized carbons (Fsp3) is 0.263. The Morgan fingerprint density at radius 3 is 2.70 bits per heavy atom. The minimum Gasteiger partial charge on any atom is -0.348 e. The van der Waals surface area contributed by atoms with Crippen molar-refractivity contribution >= 4 is 23.4 Å². The Morgan fingerprint density at radius 2 is 2.07 bits per heavy atom. The number of nitrogens with one attached hydrogen (secondary N) is 2. The number of benzene rings is 1. The van der Waals surface area contributed by atoms with Gasteiger partial charge in [-0.1, -0.05) is 18.7 Å². The van der Waals surface area contributed by atoms with Gasteiger partial charge in [-0.3, -0.25) is 19.1 Å². The zero-order chi connectivity index (χ0) is 19.4. The molecular formula is C19H21N5O3. The molecule has 1 atom stereocenters. The van der Waals surface area contributed by atoms with Crippen LogP contribution in [0.4, 0.5) is 5.69 Å². The van der Waals surface area contributed by atoms with E-state index in [2.05, 4.69) is 22.3 Å². The van der Waals surface area contributed by atoms with Crippen molar-refractivity contribution in [3.8, 4) is 0 Å². The van der Waals surface area contributed by atoms with Gasteiger partial charge in [0.1, 0.15) is 0 Å². The number of carbonyl (C=O) groups is 3. The largest absolute Gasteiger partial charge is 0.348 e. The fourth-order valence-corrected chi connectivity index (χ4v) is 2.91. The van der Waals surface area contributed by atoms with Gasteiger partial charge in [-0.15, -0.1) is 0 Å². The predicted octanol–water partition coefficient (Wildman–Crippen LogP) is 0.758. The monoisotopic (exact) mass is 367 g/mol. The molecule has 1 unspecified atom stereocenters. The molecule has 140 valence electrons. The molecule has 1 fully saturated rings. The summed E-state index contributed by atoms with van der Waals surface area (Å²) in [5.41, 5.74) is 2.10. The molecule has 1 aromatic heterocycles. The van der Waals surface area contributed by atoms with E-state index in [4.69, 9.17) is 0 Å². The Bertz CT molecular complexity index is 872. The molecule has 2 N–H and O–H groups in total. The first-order valence-electron chi connectivity index (χ1n) is 8.55. The number of hydrogen-bond donors (Lipinski definition) is 2. The van der Waals surface area contributed by atoms with E-state index in [-0.39, 0.29) is 30.2 Å². The van der Waals surface area contributed by atoms with Crippen LogP contribution in [0.5, 0.6) is 0 Å². The number of aryl methyl sites for hydroxylation is 1. The van der Waals surface area contributed by atoms with Crippen molar-refractivity contribution in [2.24, 2.45) is 7.05 Å². The minimum absolute atomic E-state index is 0.0402. The van der Waals surface area contributed by atoms with Gasteiger partial charge in [0.15, 0.2) is 0 Å². The zero-order valence-electron chi connectivity index (χ0n) is 15.0. The third kappa shape index (κ3) is 4.41. The van der Waals surface area contributed by atoms with Crippen LogP contribution in [0.3, 0.4) is 0 Å². The lowest BCUT2D eigenvalue weighted by atomic mass is 10.1. The molecule has 0 spiro atoms. The summed E-state index contributed by atoms with van der Waals surface area (Å²) in [6.45, 7) is 4.18. The molecule has 0 saturated carbocycles. The van der Waals surface area contributed by atoms with E-state index in [9.17, 15) is 14.4 Å². The van der Waals surface area contributed by atoms with E-state index in [1.54, 1.807) is 53.3 Å². The van der Waals surface area contributed by atoms with Crippen LogP contribution in [0.15, 0.2) is 49.3 Å². The molecule has 2 aromatic rings. The van der Waals surface area contributed by atoms with Gasteiger partial charge < -0.3 is 15.5 Å². The normalized spacial score (nSPS) is 16.3. The molecule has 3 rings (SSSR count). The van der Waals surface area contributed by atoms with Crippen LogP contribution in [-0.2, 0) is 23.2 Å². The molecule has 1 aliphatic heterocycles. The summed E-state index contributed by atoms with van der Waals surface area (Å²) in [6.07, 6.45) is 4.86. The van der Waals surface area contributed by atoms with Gasteiger partial charge in [0, 0.05) is 38.3 Å². The third-order valence-corrected chi connectivity index (χ3v) is 4.33. The Kier molecular flexibility index (Phi) is 5.35. The summed E-state index contributed by atoms with van der Waals surface area (Å²) in [6, 6.07) is 6.69. The summed E-state index contributed by atoms with van der Waals surface area (Å²) in [5.74, 6) is -0.523. The van der Waals surface area contributed by atoms with Crippen molar-refractivity contribution in [1.82, 2.24) is 20.4 Å². The molecule has 2 heterocycles. The second-order valence-corrected chi connectivity index (χ2v) is 6.37. The van der Waals surface area contributed by atoms with Crippen molar-refractivity contribution < 1.29 is 14.4 Å². The van der Waals surface area contributed by atoms with Crippen molar-refractivity contribution in [2.45, 2.75) is 19.0 Å². The average molecular weight is 367 g/mol. The first kappa shape index (κ1) is 18.4. The van der Waals surface area contributed by atoms with Crippen LogP contribution < -0.4 is 15.5 Å². The second kappa shape index (κ2) is 7.86. The van der Waals surface area contributed by atoms with Gasteiger partial charge in [-0.25, -0.2) is 0 Å². The highest BCUT2D eigenvalue weighted by molar-refractivity contribution is 5.98. The molecule has 1 aliphatic rings. The lowest BCUT2D eigenvalue weighted by Crippen LogP contribution is -2.37. The number of rotatable bonds is 6. The average Bonchev–Trinajstić information content (AvgIpc) is 3.25. The first-order valence-corrected chi connectivity index (χ1v) is 8.55. The summed E-state index contributed by atoms with van der Waals surface area (Å²) in [7, 11) is 1.79. The van der Waals surface area contributed by atoms with Crippen LogP contribution in [0.2, 0.25) is 0 Å². The van der Waals surface area contributed by atoms with Gasteiger partial charge in [0.2, 0.25) is 11.8 Å². The first-order chi connectivity index (χ1) is 13.0. The number of hydrogen-bond acceptors (Lipinski definition) is 4. The van der Waals surface area contributed by atoms with E-state index < -0.39 is 0 Å². The Balaban J connectivity index is 1.56. The quantitative estimate of drug-likeness (QED) is 0.737. The van der Waals surface area contributed by atoms with Gasteiger partial charge in [0.25, 0.3) is 5.91 Å². The van der Waals surface area contributed by atoms with Crippen LogP contribution in [0.1, 0.15) is 22.3 Å². The SMILES string of the molecule is C=CC(=O)NCc1ccc(C(=O)NC2CC(=O)N(c3cnn(C)c3)C2)cc1. The Hall–Kier alpha value is -3.42. The lowest BCUT2D eigenvalue weighted by Gasteiger charge is -2.15. The molecule has 1 aromatic carbocycles. The molecule has 3 amide bonds. The molecular weight excluding hydrogens is 346 g/mol. The highest BCUT2D eigenvalue weighted by Gasteiger charge is 2.32. The van der Waals surface area contributed by atoms with Crippen LogP contribution in [0, 0.1) is 0 Å². The summed E-state index contributed by atoms with van der Waals surface area (Å²) < 4.78 is 1.63. The summed E-state index contributed by atoms with van der Waals surface area (Å²) >= 11 is 0. The van der Waals surface area contributed by atoms with Crippen LogP contribution in [0.25, 0.3) is 0 Å². The molecule has 8 nitrogen and oxygen atoms in total. The van der Waals surface area contributed by atoms with E-state index in [0.29, 0.717) is 18.7 Å². The van der Waals surface area contributed by atoms with Gasteiger partial charge >= 0.3 is 0 Å². The highest BCUT2D eigenvalue weighted by atomic mass is 16.2. The van der Waals surface area contributed by atoms with Crippen molar-refractivity contribution in [3.05, 3.63) is 60.4 Å². The molecule has 27 heavy (non-hydrogen) atoms. The minimum atomic E-state index is -0.253. The van der Waals surface area contributed by atoms with Crippen LogP contribution in [-0.4, -0.2) is 40.1 Å². The lowest BCUT2D eigenvalue weighted by molar-refractivity contribution is -0.117. The maximum atomic E-state index is 12.4. The topological polar surface area (TPSA) is 96.3 Å². The predicted molar refractivity (Wildman–Crippen MR) is 99.9 cm³/mol. The third-order valence-electron chi connectivity index (χ3n) is 4.33. The molecule has 0 aliphatic carbocycles. The van der Waals surface area contributed by atoms with E-state index in [1.165, 1.54) is 6.08 Å². The second-order valence-electron chi connectivity index (χ2n) is 6.37. The number of nitrogens with zero attached hydrogens (tertiary/aromatic N) is 3. The fourth-order valence-electron chi connectivity index (χ4n) is 2.91. The summed E-state index contributed by atoms with van der Waals surface area (Å²) in [5, 5.41) is 9.65. The molecule has 0 bridgehead atoms.